The predicted octanol–water partition coefficient (Wildman–Crippen LogP) is 4.82. The van der Waals surface area contributed by atoms with Crippen molar-refractivity contribution in [2.45, 2.75) is 71.2 Å². The van der Waals surface area contributed by atoms with Crippen molar-refractivity contribution in [2.24, 2.45) is 23.7 Å². The quantitative estimate of drug-likeness (QED) is 0.541. The first kappa shape index (κ1) is 20.3. The van der Waals surface area contributed by atoms with Crippen molar-refractivity contribution in [3.63, 3.8) is 0 Å². The molecule has 1 aromatic rings. The van der Waals surface area contributed by atoms with Gasteiger partial charge in [-0.25, -0.2) is 4.79 Å². The molecule has 4 nitrogen and oxygen atoms in total. The molecule has 2 bridgehead atoms. The number of ketones is 1. The third-order valence-electron chi connectivity index (χ3n) is 7.77. The molecule has 3 fully saturated rings. The van der Waals surface area contributed by atoms with Crippen molar-refractivity contribution in [1.29, 1.82) is 0 Å². The number of carbonyl (C=O) groups is 2. The van der Waals surface area contributed by atoms with Gasteiger partial charge in [-0.1, -0.05) is 51.1 Å². The zero-order valence-corrected chi connectivity index (χ0v) is 18.1. The first-order valence-electron chi connectivity index (χ1n) is 10.9. The molecule has 1 aliphatic carbocycles. The average Bonchev–Trinajstić information content (AvgIpc) is 3.18. The standard InChI is InChI=1S/C25H32O4/c1-15(2)25-14-20(26)24(5,29-25)19-12-11-16(3)22(19)23(25)28-21(27)13-17(4)18-9-7-6-8-10-18/h6-10,13,15-16,19,22-23H,11-12,14H2,1-5H3/b17-13+. The summed E-state index contributed by atoms with van der Waals surface area (Å²) in [4.78, 5) is 26.0. The van der Waals surface area contributed by atoms with Gasteiger partial charge in [0.2, 0.25) is 0 Å². The van der Waals surface area contributed by atoms with E-state index in [0.717, 1.165) is 24.0 Å². The Labute approximate surface area is 173 Å². The fourth-order valence-electron chi connectivity index (χ4n) is 6.01. The molecule has 2 heterocycles. The van der Waals surface area contributed by atoms with Gasteiger partial charge in [0.05, 0.1) is 0 Å². The number of allylic oxidation sites excluding steroid dienone is 1. The van der Waals surface area contributed by atoms with E-state index in [1.54, 1.807) is 6.08 Å². The highest BCUT2D eigenvalue weighted by molar-refractivity contribution is 5.93. The summed E-state index contributed by atoms with van der Waals surface area (Å²) >= 11 is 0. The first-order chi connectivity index (χ1) is 13.7. The maximum absolute atomic E-state index is 13.1. The molecule has 6 unspecified atom stereocenters. The zero-order valence-electron chi connectivity index (χ0n) is 18.1. The van der Waals surface area contributed by atoms with Crippen LogP contribution in [0, 0.1) is 23.7 Å². The number of rotatable bonds is 4. The molecule has 0 aromatic heterocycles. The maximum Gasteiger partial charge on any atom is 0.331 e. The van der Waals surface area contributed by atoms with Crippen LogP contribution in [0.1, 0.15) is 59.4 Å². The lowest BCUT2D eigenvalue weighted by Crippen LogP contribution is -2.62. The van der Waals surface area contributed by atoms with E-state index in [2.05, 4.69) is 20.8 Å². The fraction of sp³-hybridized carbons (Fsp3) is 0.600. The van der Waals surface area contributed by atoms with E-state index in [-0.39, 0.29) is 29.5 Å². The molecule has 2 aliphatic heterocycles. The molecule has 4 heteroatoms. The Morgan fingerprint density at radius 1 is 1.24 bits per heavy atom. The summed E-state index contributed by atoms with van der Waals surface area (Å²) in [5.41, 5.74) is 0.404. The van der Waals surface area contributed by atoms with E-state index < -0.39 is 17.3 Å². The van der Waals surface area contributed by atoms with E-state index in [0.29, 0.717) is 12.3 Å². The number of carbonyl (C=O) groups excluding carboxylic acids is 2. The highest BCUT2D eigenvalue weighted by atomic mass is 16.6. The molecule has 0 spiro atoms. The predicted molar refractivity (Wildman–Crippen MR) is 112 cm³/mol. The molecule has 6 atom stereocenters. The largest absolute Gasteiger partial charge is 0.456 e. The Morgan fingerprint density at radius 2 is 1.93 bits per heavy atom. The second kappa shape index (κ2) is 7.09. The van der Waals surface area contributed by atoms with Gasteiger partial charge < -0.3 is 9.47 Å². The smallest absolute Gasteiger partial charge is 0.331 e. The van der Waals surface area contributed by atoms with E-state index in [1.165, 1.54) is 0 Å². The summed E-state index contributed by atoms with van der Waals surface area (Å²) in [5.74, 6) is 0.599. The van der Waals surface area contributed by atoms with E-state index in [4.69, 9.17) is 9.47 Å². The molecule has 2 saturated heterocycles. The van der Waals surface area contributed by atoms with Crippen LogP contribution in [-0.2, 0) is 19.1 Å². The summed E-state index contributed by atoms with van der Waals surface area (Å²) in [6.45, 7) is 10.3. The highest BCUT2D eigenvalue weighted by Gasteiger charge is 2.71. The van der Waals surface area contributed by atoms with E-state index >= 15 is 0 Å². The molecule has 156 valence electrons. The van der Waals surface area contributed by atoms with Crippen LogP contribution in [0.2, 0.25) is 0 Å². The number of Topliss-reactive ketones (excluding diaryl/α,β-unsaturated/α-hetero) is 1. The number of fused-ring (bicyclic) bond motifs is 4. The number of ether oxygens (including phenoxy) is 2. The lowest BCUT2D eigenvalue weighted by atomic mass is 9.69. The van der Waals surface area contributed by atoms with Crippen molar-refractivity contribution in [3.8, 4) is 0 Å². The summed E-state index contributed by atoms with van der Waals surface area (Å²) in [5, 5.41) is 0. The van der Waals surface area contributed by atoms with Crippen LogP contribution in [0.15, 0.2) is 36.4 Å². The minimum absolute atomic E-state index is 0.0824. The summed E-state index contributed by atoms with van der Waals surface area (Å²) in [6, 6.07) is 9.83. The Balaban J connectivity index is 1.67. The van der Waals surface area contributed by atoms with Crippen LogP contribution in [0.3, 0.4) is 0 Å². The summed E-state index contributed by atoms with van der Waals surface area (Å²) in [7, 11) is 0. The molecule has 0 amide bonds. The maximum atomic E-state index is 13.1. The van der Waals surface area contributed by atoms with Crippen molar-refractivity contribution in [3.05, 3.63) is 42.0 Å². The second-order valence-electron chi connectivity index (χ2n) is 9.71. The van der Waals surface area contributed by atoms with Crippen LogP contribution in [0.25, 0.3) is 5.57 Å². The third kappa shape index (κ3) is 3.07. The number of benzene rings is 1. The number of hydrogen-bond donors (Lipinski definition) is 0. The lowest BCUT2D eigenvalue weighted by Gasteiger charge is -2.52. The summed E-state index contributed by atoms with van der Waals surface area (Å²) < 4.78 is 12.7. The van der Waals surface area contributed by atoms with Crippen LogP contribution in [-0.4, -0.2) is 29.1 Å². The van der Waals surface area contributed by atoms with Crippen LogP contribution < -0.4 is 0 Å². The molecule has 3 aliphatic rings. The van der Waals surface area contributed by atoms with Gasteiger partial charge in [0.25, 0.3) is 0 Å². The topological polar surface area (TPSA) is 52.6 Å². The minimum Gasteiger partial charge on any atom is -0.456 e. The van der Waals surface area contributed by atoms with Gasteiger partial charge in [0.15, 0.2) is 5.78 Å². The lowest BCUT2D eigenvalue weighted by molar-refractivity contribution is -0.255. The van der Waals surface area contributed by atoms with Crippen molar-refractivity contribution in [1.82, 2.24) is 0 Å². The normalized spacial score (nSPS) is 39.0. The van der Waals surface area contributed by atoms with Gasteiger partial charge in [0, 0.05) is 24.3 Å². The molecular weight excluding hydrogens is 364 g/mol. The molecule has 1 saturated carbocycles. The van der Waals surface area contributed by atoms with Crippen LogP contribution >= 0.6 is 0 Å². The fourth-order valence-corrected chi connectivity index (χ4v) is 6.01. The molecule has 4 rings (SSSR count). The van der Waals surface area contributed by atoms with Crippen LogP contribution in [0.4, 0.5) is 0 Å². The molecule has 0 radical (unpaired) electrons. The van der Waals surface area contributed by atoms with Gasteiger partial charge in [-0.3, -0.25) is 4.79 Å². The molecule has 0 N–H and O–H groups in total. The van der Waals surface area contributed by atoms with Gasteiger partial charge in [0.1, 0.15) is 17.3 Å². The Bertz CT molecular complexity index is 842. The van der Waals surface area contributed by atoms with E-state index in [9.17, 15) is 9.59 Å². The second-order valence-corrected chi connectivity index (χ2v) is 9.71. The first-order valence-corrected chi connectivity index (χ1v) is 10.9. The van der Waals surface area contributed by atoms with Gasteiger partial charge in [-0.2, -0.15) is 0 Å². The van der Waals surface area contributed by atoms with Gasteiger partial charge in [-0.05, 0) is 49.7 Å². The summed E-state index contributed by atoms with van der Waals surface area (Å²) in [6.07, 6.45) is 3.51. The number of esters is 1. The average molecular weight is 397 g/mol. The van der Waals surface area contributed by atoms with Crippen LogP contribution in [0.5, 0.6) is 0 Å². The Morgan fingerprint density at radius 3 is 2.59 bits per heavy atom. The third-order valence-corrected chi connectivity index (χ3v) is 7.77. The Hall–Kier alpha value is -1.94. The highest BCUT2D eigenvalue weighted by Crippen LogP contribution is 2.61. The molecular formula is C25H32O4. The Kier molecular flexibility index (Phi) is 4.97. The molecule has 29 heavy (non-hydrogen) atoms. The van der Waals surface area contributed by atoms with Crippen molar-refractivity contribution in [2.75, 3.05) is 0 Å². The monoisotopic (exact) mass is 396 g/mol. The SMILES string of the molecule is C/C(=C\C(=O)OC1C2C(C)CCC2C2(C)OC1(C(C)C)CC2=O)c1ccccc1. The van der Waals surface area contributed by atoms with Crippen molar-refractivity contribution >= 4 is 17.3 Å². The van der Waals surface area contributed by atoms with E-state index in [1.807, 2.05) is 44.2 Å². The minimum atomic E-state index is -0.738. The zero-order chi connectivity index (χ0) is 21.0. The molecule has 1 aromatic carbocycles. The van der Waals surface area contributed by atoms with Crippen molar-refractivity contribution < 1.29 is 19.1 Å². The number of hydrogen-bond acceptors (Lipinski definition) is 4. The van der Waals surface area contributed by atoms with Gasteiger partial charge in [-0.15, -0.1) is 0 Å². The van der Waals surface area contributed by atoms with Gasteiger partial charge >= 0.3 is 5.97 Å².